The maximum atomic E-state index is 14.0. The molecule has 5 rings (SSSR count). The number of nitrogens with zero attached hydrogens (tertiary/aromatic N) is 6. The summed E-state index contributed by atoms with van der Waals surface area (Å²) in [6.45, 7) is 0.664. The number of H-pyrrole nitrogens is 1. The van der Waals surface area contributed by atoms with Crippen LogP contribution in [0.3, 0.4) is 0 Å². The van der Waals surface area contributed by atoms with Crippen LogP contribution in [0.25, 0.3) is 28.1 Å². The highest BCUT2D eigenvalue weighted by molar-refractivity contribution is 5.88. The topological polar surface area (TPSA) is 95.8 Å². The largest absolute Gasteiger partial charge is 0.421 e. The summed E-state index contributed by atoms with van der Waals surface area (Å²) >= 11 is 0. The van der Waals surface area contributed by atoms with Gasteiger partial charge in [0.15, 0.2) is 17.1 Å². The second-order valence-electron chi connectivity index (χ2n) is 8.05. The molecule has 1 saturated heterocycles. The average molecular weight is 443 g/mol. The molecule has 32 heavy (non-hydrogen) atoms. The Balaban J connectivity index is 1.47. The Labute approximate surface area is 180 Å². The van der Waals surface area contributed by atoms with Gasteiger partial charge >= 0.3 is 6.18 Å². The quantitative estimate of drug-likeness (QED) is 0.504. The number of nitrogens with one attached hydrogen (secondary N) is 1. The molecule has 0 bridgehead atoms. The standard InChI is InChI=1S/C21H20F3N7O/c1-30-7-5-15(11-30)20(32,21(22,23)24)14-2-3-17(26-9-14)31-10-13(8-29-31)16-4-6-25-19-18(16)27-12-28-19/h2-4,6,8-10,12,15,32H,5,7,11H2,1H3,(H,25,27,28)/t15?,20-/m1/s1. The Morgan fingerprint density at radius 2 is 1.97 bits per heavy atom. The molecule has 1 aliphatic heterocycles. The molecule has 0 saturated carbocycles. The van der Waals surface area contributed by atoms with Gasteiger partial charge in [-0.05, 0) is 32.1 Å². The highest BCUT2D eigenvalue weighted by Gasteiger charge is 2.60. The predicted octanol–water partition coefficient (Wildman–Crippen LogP) is 2.91. The molecule has 0 aliphatic carbocycles. The molecule has 4 aromatic rings. The lowest BCUT2D eigenvalue weighted by Crippen LogP contribution is -2.49. The van der Waals surface area contributed by atoms with Crippen molar-refractivity contribution >= 4 is 11.2 Å². The number of halogens is 3. The van der Waals surface area contributed by atoms with E-state index < -0.39 is 17.7 Å². The van der Waals surface area contributed by atoms with Crippen molar-refractivity contribution in [3.05, 3.63) is 54.9 Å². The van der Waals surface area contributed by atoms with E-state index in [0.717, 1.165) is 22.8 Å². The summed E-state index contributed by atoms with van der Waals surface area (Å²) in [6, 6.07) is 4.52. The maximum absolute atomic E-state index is 14.0. The van der Waals surface area contributed by atoms with Crippen molar-refractivity contribution in [1.29, 1.82) is 0 Å². The van der Waals surface area contributed by atoms with Gasteiger partial charge < -0.3 is 15.0 Å². The van der Waals surface area contributed by atoms with Gasteiger partial charge in [-0.3, -0.25) is 0 Å². The summed E-state index contributed by atoms with van der Waals surface area (Å²) < 4.78 is 43.3. The first kappa shape index (κ1) is 20.6. The van der Waals surface area contributed by atoms with E-state index in [1.54, 1.807) is 36.9 Å². The van der Waals surface area contributed by atoms with E-state index in [4.69, 9.17) is 0 Å². The highest BCUT2D eigenvalue weighted by atomic mass is 19.4. The predicted molar refractivity (Wildman–Crippen MR) is 110 cm³/mol. The number of likely N-dealkylation sites (tertiary alicyclic amines) is 1. The number of hydrogen-bond donors (Lipinski definition) is 2. The smallest absolute Gasteiger partial charge is 0.376 e. The van der Waals surface area contributed by atoms with Crippen LogP contribution in [0.1, 0.15) is 12.0 Å². The van der Waals surface area contributed by atoms with Gasteiger partial charge in [0.2, 0.25) is 0 Å². The van der Waals surface area contributed by atoms with Crippen LogP contribution in [0.15, 0.2) is 49.3 Å². The van der Waals surface area contributed by atoms with Crippen LogP contribution in [-0.4, -0.2) is 66.0 Å². The van der Waals surface area contributed by atoms with E-state index in [0.29, 0.717) is 18.0 Å². The van der Waals surface area contributed by atoms with Gasteiger partial charge in [0.05, 0.1) is 18.0 Å². The lowest BCUT2D eigenvalue weighted by Gasteiger charge is -2.36. The Morgan fingerprint density at radius 1 is 1.12 bits per heavy atom. The number of pyridine rings is 2. The second-order valence-corrected chi connectivity index (χ2v) is 8.05. The van der Waals surface area contributed by atoms with Crippen molar-refractivity contribution in [3.8, 4) is 16.9 Å². The minimum atomic E-state index is -4.82. The van der Waals surface area contributed by atoms with Gasteiger partial charge in [-0.25, -0.2) is 19.6 Å². The van der Waals surface area contributed by atoms with Crippen LogP contribution in [0, 0.1) is 5.92 Å². The molecule has 2 N–H and O–H groups in total. The van der Waals surface area contributed by atoms with Crippen molar-refractivity contribution < 1.29 is 18.3 Å². The maximum Gasteiger partial charge on any atom is 0.421 e. The van der Waals surface area contributed by atoms with Gasteiger partial charge in [0, 0.05) is 47.7 Å². The number of imidazole rings is 1. The fraction of sp³-hybridized carbons (Fsp3) is 0.333. The minimum absolute atomic E-state index is 0.161. The van der Waals surface area contributed by atoms with Gasteiger partial charge in [0.25, 0.3) is 0 Å². The van der Waals surface area contributed by atoms with E-state index >= 15 is 0 Å². The van der Waals surface area contributed by atoms with Crippen LogP contribution in [0.4, 0.5) is 13.2 Å². The van der Waals surface area contributed by atoms with Crippen molar-refractivity contribution in [2.45, 2.75) is 18.2 Å². The third kappa shape index (κ3) is 3.24. The molecule has 0 radical (unpaired) electrons. The Kier molecular flexibility index (Phi) is 4.75. The van der Waals surface area contributed by atoms with Gasteiger partial charge in [-0.2, -0.15) is 18.3 Å². The summed E-state index contributed by atoms with van der Waals surface area (Å²) in [5.74, 6) is -0.622. The zero-order valence-electron chi connectivity index (χ0n) is 17.1. The van der Waals surface area contributed by atoms with Crippen molar-refractivity contribution in [3.63, 3.8) is 0 Å². The lowest BCUT2D eigenvalue weighted by atomic mass is 9.80. The molecule has 1 aliphatic rings. The fourth-order valence-corrected chi connectivity index (χ4v) is 4.33. The summed E-state index contributed by atoms with van der Waals surface area (Å²) in [6.07, 6.45) is 3.07. The molecule has 11 heteroatoms. The zero-order chi connectivity index (χ0) is 22.5. The first-order valence-electron chi connectivity index (χ1n) is 10.0. The number of aromatic amines is 1. The molecule has 166 valence electrons. The Morgan fingerprint density at radius 3 is 2.66 bits per heavy atom. The minimum Gasteiger partial charge on any atom is -0.376 e. The van der Waals surface area contributed by atoms with Crippen LogP contribution in [0.2, 0.25) is 0 Å². The number of alkyl halides is 3. The molecule has 8 nitrogen and oxygen atoms in total. The normalized spacial score (nSPS) is 19.5. The van der Waals surface area contributed by atoms with Crippen LogP contribution < -0.4 is 0 Å². The number of hydrogen-bond acceptors (Lipinski definition) is 6. The SMILES string of the molecule is CN1CCC([C@](O)(c2ccc(-n3cc(-c4ccnc5nc[nH]c45)cn3)nc2)C(F)(F)F)C1. The van der Waals surface area contributed by atoms with E-state index in [1.807, 2.05) is 6.07 Å². The van der Waals surface area contributed by atoms with E-state index in [9.17, 15) is 18.3 Å². The molecule has 4 aromatic heterocycles. The number of rotatable bonds is 4. The highest BCUT2D eigenvalue weighted by Crippen LogP contribution is 2.47. The van der Waals surface area contributed by atoms with Crippen LogP contribution >= 0.6 is 0 Å². The van der Waals surface area contributed by atoms with E-state index in [2.05, 4.69) is 25.0 Å². The monoisotopic (exact) mass is 443 g/mol. The summed E-state index contributed by atoms with van der Waals surface area (Å²) in [7, 11) is 1.74. The van der Waals surface area contributed by atoms with Crippen molar-refractivity contribution in [2.24, 2.45) is 5.92 Å². The molecule has 0 spiro atoms. The van der Waals surface area contributed by atoms with Crippen LogP contribution in [-0.2, 0) is 5.60 Å². The molecule has 1 fully saturated rings. The zero-order valence-corrected chi connectivity index (χ0v) is 17.1. The molecular weight excluding hydrogens is 423 g/mol. The number of fused-ring (bicyclic) bond motifs is 1. The second kappa shape index (κ2) is 7.38. The third-order valence-corrected chi connectivity index (χ3v) is 6.06. The fourth-order valence-electron chi connectivity index (χ4n) is 4.33. The molecule has 1 unspecified atom stereocenters. The number of aromatic nitrogens is 6. The summed E-state index contributed by atoms with van der Waals surface area (Å²) in [5, 5.41) is 15.1. The van der Waals surface area contributed by atoms with Gasteiger partial charge in [-0.1, -0.05) is 6.07 Å². The average Bonchev–Trinajstić information content (AvgIpc) is 3.52. The van der Waals surface area contributed by atoms with Crippen molar-refractivity contribution in [1.82, 2.24) is 34.6 Å². The Bertz CT molecular complexity index is 1250. The third-order valence-electron chi connectivity index (χ3n) is 6.06. The Hall–Kier alpha value is -3.31. The molecule has 0 aromatic carbocycles. The van der Waals surface area contributed by atoms with Crippen LogP contribution in [0.5, 0.6) is 0 Å². The molecule has 5 heterocycles. The molecule has 0 amide bonds. The molecular formula is C21H20F3N7O. The summed E-state index contributed by atoms with van der Waals surface area (Å²) in [5.41, 5.74) is -0.286. The lowest BCUT2D eigenvalue weighted by molar-refractivity contribution is -0.285. The summed E-state index contributed by atoms with van der Waals surface area (Å²) in [4.78, 5) is 17.3. The first-order valence-corrected chi connectivity index (χ1v) is 10.0. The van der Waals surface area contributed by atoms with Gasteiger partial charge in [-0.15, -0.1) is 0 Å². The van der Waals surface area contributed by atoms with E-state index in [-0.39, 0.29) is 18.5 Å². The van der Waals surface area contributed by atoms with E-state index in [1.165, 1.54) is 16.8 Å². The van der Waals surface area contributed by atoms with Gasteiger partial charge in [0.1, 0.15) is 0 Å². The first-order chi connectivity index (χ1) is 15.3. The van der Waals surface area contributed by atoms with Crippen molar-refractivity contribution in [2.75, 3.05) is 20.1 Å². The molecule has 2 atom stereocenters. The number of aliphatic hydroxyl groups is 1.